The molecule has 1 aromatic heterocycles. The molecule has 102 valence electrons. The van der Waals surface area contributed by atoms with Crippen molar-refractivity contribution >= 4 is 50.1 Å². The first-order valence-electron chi connectivity index (χ1n) is 5.39. The highest BCUT2D eigenvalue weighted by molar-refractivity contribution is 9.11. The van der Waals surface area contributed by atoms with E-state index in [2.05, 4.69) is 26.2 Å². The first kappa shape index (κ1) is 14.4. The van der Waals surface area contributed by atoms with E-state index in [0.29, 0.717) is 10.7 Å². The monoisotopic (exact) mass is 353 g/mol. The summed E-state index contributed by atoms with van der Waals surface area (Å²) in [7, 11) is 0. The normalized spacial score (nSPS) is 10.7. The minimum absolute atomic E-state index is 0.0172. The quantitative estimate of drug-likeness (QED) is 0.518. The van der Waals surface area contributed by atoms with Gasteiger partial charge in [-0.2, -0.15) is 0 Å². The Hall–Kier alpha value is -2.06. The van der Waals surface area contributed by atoms with Crippen molar-refractivity contribution in [2.24, 2.45) is 0 Å². The predicted molar refractivity (Wildman–Crippen MR) is 80.6 cm³/mol. The van der Waals surface area contributed by atoms with E-state index in [1.807, 2.05) is 0 Å². The molecule has 2 aromatic rings. The zero-order valence-electron chi connectivity index (χ0n) is 9.95. The van der Waals surface area contributed by atoms with Gasteiger partial charge in [-0.1, -0.05) is 23.5 Å². The zero-order chi connectivity index (χ0) is 14.5. The molecule has 0 aliphatic heterocycles. The zero-order valence-corrected chi connectivity index (χ0v) is 12.3. The van der Waals surface area contributed by atoms with E-state index in [4.69, 9.17) is 0 Å². The lowest BCUT2D eigenvalue weighted by atomic mass is 10.2. The highest BCUT2D eigenvalue weighted by Gasteiger charge is 2.05. The first-order valence-corrected chi connectivity index (χ1v) is 7.00. The summed E-state index contributed by atoms with van der Waals surface area (Å²) in [5, 5.41) is 13.7. The van der Waals surface area contributed by atoms with Crippen molar-refractivity contribution in [2.45, 2.75) is 0 Å². The fraction of sp³-hybridized carbons (Fsp3) is 0. The molecule has 0 saturated heterocycles. The van der Waals surface area contributed by atoms with Crippen molar-refractivity contribution in [3.8, 4) is 0 Å². The van der Waals surface area contributed by atoms with Crippen LogP contribution in [0.25, 0.3) is 6.08 Å². The number of nitrogens with one attached hydrogen (secondary N) is 1. The van der Waals surface area contributed by atoms with Gasteiger partial charge in [0.05, 0.1) is 14.9 Å². The molecule has 0 saturated carbocycles. The van der Waals surface area contributed by atoms with Crippen LogP contribution in [0.3, 0.4) is 0 Å². The van der Waals surface area contributed by atoms with Crippen molar-refractivity contribution in [3.05, 3.63) is 56.0 Å². The predicted octanol–water partition coefficient (Wildman–Crippen LogP) is 3.47. The van der Waals surface area contributed by atoms with Crippen molar-refractivity contribution in [2.75, 3.05) is 5.32 Å². The number of nitro benzene ring substituents is 1. The maximum atomic E-state index is 11.6. The molecule has 1 aromatic carbocycles. The van der Waals surface area contributed by atoms with Crippen LogP contribution in [0.2, 0.25) is 0 Å². The number of halogens is 1. The summed E-state index contributed by atoms with van der Waals surface area (Å²) < 4.78 is 0.815. The van der Waals surface area contributed by atoms with Gasteiger partial charge in [0.15, 0.2) is 5.13 Å². The molecule has 6 nitrogen and oxygen atoms in total. The van der Waals surface area contributed by atoms with Crippen molar-refractivity contribution in [1.29, 1.82) is 0 Å². The summed E-state index contributed by atoms with van der Waals surface area (Å²) >= 11 is 4.54. The fourth-order valence-electron chi connectivity index (χ4n) is 1.37. The number of nitrogens with zero attached hydrogens (tertiary/aromatic N) is 2. The molecule has 2 rings (SSSR count). The lowest BCUT2D eigenvalue weighted by Gasteiger charge is -1.96. The molecular formula is C12H8BrN3O3S. The molecule has 20 heavy (non-hydrogen) atoms. The lowest BCUT2D eigenvalue weighted by Crippen LogP contribution is -2.07. The SMILES string of the molecule is O=C(/C=C/c1cccc([N+](=O)[O-])c1)Nc1ncc(Br)s1. The van der Waals surface area contributed by atoms with Crippen LogP contribution in [-0.2, 0) is 4.79 Å². The molecular weight excluding hydrogens is 346 g/mol. The van der Waals surface area contributed by atoms with E-state index < -0.39 is 4.92 Å². The van der Waals surface area contributed by atoms with Crippen LogP contribution in [0.1, 0.15) is 5.56 Å². The van der Waals surface area contributed by atoms with Gasteiger partial charge in [0.1, 0.15) is 0 Å². The Kier molecular flexibility index (Phi) is 4.59. The van der Waals surface area contributed by atoms with Crippen LogP contribution in [-0.4, -0.2) is 15.8 Å². The molecule has 1 N–H and O–H groups in total. The number of non-ortho nitro benzene ring substituents is 1. The third-order valence-electron chi connectivity index (χ3n) is 2.22. The van der Waals surface area contributed by atoms with Gasteiger partial charge in [0.25, 0.3) is 5.69 Å². The molecule has 0 spiro atoms. The standard InChI is InChI=1S/C12H8BrN3O3S/c13-10-7-14-12(20-10)15-11(17)5-4-8-2-1-3-9(6-8)16(18)19/h1-7H,(H,14,15,17)/b5-4+. The van der Waals surface area contributed by atoms with Gasteiger partial charge in [-0.25, -0.2) is 4.98 Å². The summed E-state index contributed by atoms with van der Waals surface area (Å²) in [6.07, 6.45) is 4.39. The van der Waals surface area contributed by atoms with Crippen LogP contribution >= 0.6 is 27.3 Å². The summed E-state index contributed by atoms with van der Waals surface area (Å²) in [5.74, 6) is -0.349. The third kappa shape index (κ3) is 3.97. The number of nitro groups is 1. The van der Waals surface area contributed by atoms with Crippen molar-refractivity contribution in [1.82, 2.24) is 4.98 Å². The topological polar surface area (TPSA) is 85.1 Å². The van der Waals surface area contributed by atoms with E-state index in [-0.39, 0.29) is 11.6 Å². The van der Waals surface area contributed by atoms with E-state index >= 15 is 0 Å². The molecule has 1 heterocycles. The number of benzene rings is 1. The van der Waals surface area contributed by atoms with Gasteiger partial charge in [-0.15, -0.1) is 0 Å². The highest BCUT2D eigenvalue weighted by Crippen LogP contribution is 2.23. The lowest BCUT2D eigenvalue weighted by molar-refractivity contribution is -0.384. The molecule has 8 heteroatoms. The average molecular weight is 354 g/mol. The van der Waals surface area contributed by atoms with E-state index in [1.54, 1.807) is 18.3 Å². The Morgan fingerprint density at radius 2 is 2.30 bits per heavy atom. The number of amides is 1. The molecule has 1 amide bonds. The third-order valence-corrected chi connectivity index (χ3v) is 3.61. The van der Waals surface area contributed by atoms with Gasteiger partial charge >= 0.3 is 0 Å². The Bertz CT molecular complexity index is 684. The Morgan fingerprint density at radius 3 is 2.95 bits per heavy atom. The Morgan fingerprint density at radius 1 is 1.50 bits per heavy atom. The summed E-state index contributed by atoms with van der Waals surface area (Å²) in [6.45, 7) is 0. The highest BCUT2D eigenvalue weighted by atomic mass is 79.9. The Balaban J connectivity index is 2.03. The number of aromatic nitrogens is 1. The number of thiazole rings is 1. The molecule has 0 radical (unpaired) electrons. The average Bonchev–Trinajstić information content (AvgIpc) is 2.82. The van der Waals surface area contributed by atoms with Crippen LogP contribution in [0.4, 0.5) is 10.8 Å². The number of carbonyl (C=O) groups is 1. The number of carbonyl (C=O) groups excluding carboxylic acids is 1. The van der Waals surface area contributed by atoms with E-state index in [9.17, 15) is 14.9 Å². The largest absolute Gasteiger partial charge is 0.298 e. The van der Waals surface area contributed by atoms with Gasteiger partial charge < -0.3 is 0 Å². The second-order valence-corrected chi connectivity index (χ2v) is 6.05. The second kappa shape index (κ2) is 6.40. The van der Waals surface area contributed by atoms with Crippen LogP contribution in [0, 0.1) is 10.1 Å². The number of hydrogen-bond donors (Lipinski definition) is 1. The van der Waals surface area contributed by atoms with E-state index in [0.717, 1.165) is 3.79 Å². The molecule has 0 aliphatic carbocycles. The second-order valence-electron chi connectivity index (χ2n) is 3.64. The minimum Gasteiger partial charge on any atom is -0.298 e. The molecule has 0 atom stereocenters. The van der Waals surface area contributed by atoms with Crippen LogP contribution in [0.5, 0.6) is 0 Å². The fourth-order valence-corrected chi connectivity index (χ4v) is 2.48. The molecule has 0 unspecified atom stereocenters. The van der Waals surface area contributed by atoms with Gasteiger partial charge in [-0.3, -0.25) is 20.2 Å². The number of anilines is 1. The summed E-state index contributed by atoms with van der Waals surface area (Å²) in [5.41, 5.74) is 0.561. The van der Waals surface area contributed by atoms with Gasteiger partial charge in [0.2, 0.25) is 5.91 Å². The van der Waals surface area contributed by atoms with Gasteiger partial charge in [0, 0.05) is 18.2 Å². The van der Waals surface area contributed by atoms with Crippen molar-refractivity contribution < 1.29 is 9.72 Å². The maximum Gasteiger partial charge on any atom is 0.270 e. The van der Waals surface area contributed by atoms with Crippen LogP contribution < -0.4 is 5.32 Å². The van der Waals surface area contributed by atoms with Crippen LogP contribution in [0.15, 0.2) is 40.3 Å². The number of hydrogen-bond acceptors (Lipinski definition) is 5. The number of rotatable bonds is 4. The Labute approximate surface area is 126 Å². The molecule has 0 fully saturated rings. The first-order chi connectivity index (χ1) is 9.54. The molecule has 0 bridgehead atoms. The minimum atomic E-state index is -0.482. The smallest absolute Gasteiger partial charge is 0.270 e. The molecule has 0 aliphatic rings. The summed E-state index contributed by atoms with van der Waals surface area (Å²) in [4.78, 5) is 25.7. The summed E-state index contributed by atoms with van der Waals surface area (Å²) in [6, 6.07) is 6.03. The van der Waals surface area contributed by atoms with Crippen molar-refractivity contribution in [3.63, 3.8) is 0 Å². The van der Waals surface area contributed by atoms with E-state index in [1.165, 1.54) is 35.6 Å². The maximum absolute atomic E-state index is 11.6. The van der Waals surface area contributed by atoms with Gasteiger partial charge in [-0.05, 0) is 27.6 Å².